The normalized spacial score (nSPS) is 7.03. The summed E-state index contributed by atoms with van der Waals surface area (Å²) in [6.07, 6.45) is 3.00. The number of allylic oxidation sites excluding steroid dienone is 2. The molecule has 0 aliphatic carbocycles. The van der Waals surface area contributed by atoms with E-state index in [9.17, 15) is 0 Å². The molecule has 0 saturated heterocycles. The molecule has 0 aliphatic heterocycles. The molecule has 0 amide bonds. The molecule has 0 unspecified atom stereocenters. The molecule has 0 aromatic heterocycles. The van der Waals surface area contributed by atoms with Gasteiger partial charge < -0.3 is 22.3 Å². The van der Waals surface area contributed by atoms with Gasteiger partial charge in [-0.15, -0.1) is 0 Å². The van der Waals surface area contributed by atoms with E-state index in [1.807, 2.05) is 36.4 Å². The minimum absolute atomic E-state index is 0.213. The van der Waals surface area contributed by atoms with Gasteiger partial charge in [0.25, 0.3) is 0 Å². The van der Waals surface area contributed by atoms with Crippen LogP contribution in [0.1, 0.15) is 0 Å². The summed E-state index contributed by atoms with van der Waals surface area (Å²) in [7, 11) is 0. The van der Waals surface area contributed by atoms with Gasteiger partial charge in [-0.25, -0.2) is 39.2 Å². The van der Waals surface area contributed by atoms with Crippen molar-refractivity contribution in [1.29, 1.82) is 0 Å². The van der Waals surface area contributed by atoms with Gasteiger partial charge in [-0.05, 0) is 12.1 Å². The second-order valence-corrected chi connectivity index (χ2v) is 4.85. The quantitative estimate of drug-likeness (QED) is 0.106. The number of nitrogen functional groups attached to an aromatic ring is 3. The fraction of sp³-hybridized carbons (Fsp3) is 0. The number of hydrogen-bond acceptors (Lipinski definition) is 7. The maximum absolute atomic E-state index is 8.73. The average Bonchev–Trinajstić information content (AvgIpc) is 2.79. The molecule has 7 nitrogen and oxygen atoms in total. The van der Waals surface area contributed by atoms with Crippen LogP contribution in [0.5, 0.6) is 5.75 Å². The molecule has 8 heteroatoms. The van der Waals surface area contributed by atoms with E-state index in [0.717, 1.165) is 11.4 Å². The second kappa shape index (κ2) is 32.4. The summed E-state index contributed by atoms with van der Waals surface area (Å²) >= 11 is 0.300. The van der Waals surface area contributed by atoms with E-state index < -0.39 is 0 Å². The number of phenolic OH excluding ortho intramolecular Hbond substituents is 1. The maximum atomic E-state index is 8.73. The summed E-state index contributed by atoms with van der Waals surface area (Å²) < 4.78 is 8.34. The molecule has 0 spiro atoms. The van der Waals surface area contributed by atoms with Crippen LogP contribution in [0.4, 0.5) is 17.1 Å². The molecule has 0 heterocycles. The Morgan fingerprint density at radius 2 is 1.12 bits per heavy atom. The van der Waals surface area contributed by atoms with Crippen molar-refractivity contribution in [2.75, 3.05) is 17.2 Å². The molecular weight excluding hydrogens is 486 g/mol. The Bertz CT molecular complexity index is 701. The molecular formula is C24H31N3O4Zr-4. The fourth-order valence-corrected chi connectivity index (χ4v) is 1.34. The van der Waals surface area contributed by atoms with Gasteiger partial charge in [-0.1, -0.05) is 17.4 Å². The molecule has 0 fully saturated rings. The fourth-order valence-electron chi connectivity index (χ4n) is 1.34. The van der Waals surface area contributed by atoms with E-state index in [1.54, 1.807) is 30.3 Å². The van der Waals surface area contributed by atoms with Gasteiger partial charge in [-0.3, -0.25) is 10.5 Å². The van der Waals surface area contributed by atoms with Gasteiger partial charge in [0.05, 0.1) is 0 Å². The van der Waals surface area contributed by atoms with Crippen LogP contribution in [0.15, 0.2) is 98.1 Å². The number of nitrogens with two attached hydrogens (primary N) is 3. The minimum atomic E-state index is 0.213. The first-order valence-corrected chi connectivity index (χ1v) is 9.59. The van der Waals surface area contributed by atoms with Gasteiger partial charge in [0.2, 0.25) is 0 Å². The summed E-state index contributed by atoms with van der Waals surface area (Å²) in [5.74, 6) is 0.213. The van der Waals surface area contributed by atoms with Crippen LogP contribution in [-0.2, 0) is 27.5 Å². The number of aromatic hydroxyl groups is 1. The molecule has 0 atom stereocenters. The topological polar surface area (TPSA) is 156 Å². The van der Waals surface area contributed by atoms with E-state index in [4.69, 9.17) is 35.6 Å². The Labute approximate surface area is 206 Å². The third kappa shape index (κ3) is 34.2. The predicted molar refractivity (Wildman–Crippen MR) is 129 cm³/mol. The Balaban J connectivity index is -0.000000154. The Hall–Kier alpha value is -3.32. The predicted octanol–water partition coefficient (Wildman–Crippen LogP) is 5.02. The van der Waals surface area contributed by atoms with E-state index in [-0.39, 0.29) is 5.75 Å². The van der Waals surface area contributed by atoms with Crippen molar-refractivity contribution >= 4 is 17.1 Å². The van der Waals surface area contributed by atoms with Crippen LogP contribution in [0.3, 0.4) is 0 Å². The number of hydrogen-bond donors (Lipinski definition) is 6. The summed E-state index contributed by atoms with van der Waals surface area (Å²) in [5, 5.41) is 20.7. The van der Waals surface area contributed by atoms with Crippen molar-refractivity contribution in [2.45, 2.75) is 0 Å². The molecule has 0 radical (unpaired) electrons. The van der Waals surface area contributed by atoms with Gasteiger partial charge in [-0.2, -0.15) is 60.7 Å². The first kappa shape index (κ1) is 36.1. The zero-order chi connectivity index (χ0) is 25.6. The van der Waals surface area contributed by atoms with Crippen molar-refractivity contribution in [3.63, 3.8) is 0 Å². The summed E-state index contributed by atoms with van der Waals surface area (Å²) in [5.41, 5.74) is 18.1. The van der Waals surface area contributed by atoms with Crippen LogP contribution in [0, 0.1) is 26.0 Å². The van der Waals surface area contributed by atoms with E-state index in [1.165, 1.54) is 18.2 Å². The zero-order valence-electron chi connectivity index (χ0n) is 17.9. The Morgan fingerprint density at radius 1 is 0.781 bits per heavy atom. The SMILES string of the molecule is C=C[CH2-].C=C[CH2-].Nc1c[c-]ccc1.Nc1c[c-]ccc1.Nc1cccc(O)c1.OO.[O]=[Zr]. The van der Waals surface area contributed by atoms with E-state index in [0.29, 0.717) is 30.4 Å². The van der Waals surface area contributed by atoms with Crippen LogP contribution < -0.4 is 17.2 Å². The third-order valence-electron chi connectivity index (χ3n) is 2.33. The van der Waals surface area contributed by atoms with E-state index in [2.05, 4.69) is 39.1 Å². The number of rotatable bonds is 0. The van der Waals surface area contributed by atoms with Gasteiger partial charge >= 0.3 is 27.5 Å². The van der Waals surface area contributed by atoms with Crippen molar-refractivity contribution in [2.24, 2.45) is 0 Å². The molecule has 0 saturated carbocycles. The zero-order valence-corrected chi connectivity index (χ0v) is 20.4. The van der Waals surface area contributed by atoms with E-state index >= 15 is 0 Å². The molecule has 3 aromatic rings. The monoisotopic (exact) mass is 515 g/mol. The van der Waals surface area contributed by atoms with Crippen molar-refractivity contribution in [3.8, 4) is 5.75 Å². The summed E-state index contributed by atoms with van der Waals surface area (Å²) in [4.78, 5) is 0. The standard InChI is InChI=1S/C6H7NO.2C6H6N.2C3H5.H2O2.O.Zr/c7-5-2-1-3-6(8)4-5;2*7-6-4-2-1-3-5-6;2*1-3-2;1-2;;/h1-4,8H,7H2;2*1-2,4-5H,7H2;2*3H,1-2H2;1-2H;;/q;4*-1;;;. The van der Waals surface area contributed by atoms with Crippen LogP contribution in [0.25, 0.3) is 0 Å². The second-order valence-electron chi connectivity index (χ2n) is 4.85. The molecule has 174 valence electrons. The Morgan fingerprint density at radius 3 is 1.28 bits per heavy atom. The molecule has 0 aliphatic rings. The summed E-state index contributed by atoms with van der Waals surface area (Å²) in [6.45, 7) is 13.0. The van der Waals surface area contributed by atoms with Crippen molar-refractivity contribution in [3.05, 3.63) is 124 Å². The van der Waals surface area contributed by atoms with Crippen LogP contribution in [0.2, 0.25) is 0 Å². The molecule has 32 heavy (non-hydrogen) atoms. The molecule has 0 bridgehead atoms. The molecule has 3 rings (SSSR count). The Kier molecular flexibility index (Phi) is 36.5. The van der Waals surface area contributed by atoms with Gasteiger partial charge in [0.1, 0.15) is 5.75 Å². The third-order valence-corrected chi connectivity index (χ3v) is 2.33. The van der Waals surface area contributed by atoms with Crippen LogP contribution in [-0.4, -0.2) is 15.6 Å². The van der Waals surface area contributed by atoms with Gasteiger partial charge in [0, 0.05) is 11.8 Å². The van der Waals surface area contributed by atoms with Crippen LogP contribution >= 0.6 is 0 Å². The van der Waals surface area contributed by atoms with Gasteiger partial charge in [0.15, 0.2) is 0 Å². The number of benzene rings is 3. The number of phenols is 1. The van der Waals surface area contributed by atoms with Crippen molar-refractivity contribution < 1.29 is 43.2 Å². The molecule has 3 aromatic carbocycles. The molecule has 9 N–H and O–H groups in total. The first-order valence-electron chi connectivity index (χ1n) is 8.59. The summed E-state index contributed by atoms with van der Waals surface area (Å²) in [6, 6.07) is 26.6. The first-order chi connectivity index (χ1) is 15.4. The number of anilines is 3. The average molecular weight is 517 g/mol. The van der Waals surface area contributed by atoms with Crippen molar-refractivity contribution in [1.82, 2.24) is 0 Å².